The van der Waals surface area contributed by atoms with Crippen LogP contribution in [0.5, 0.6) is 5.75 Å². The van der Waals surface area contributed by atoms with Crippen molar-refractivity contribution in [2.75, 3.05) is 6.61 Å². The molecule has 0 saturated carbocycles. The molecule has 0 fully saturated rings. The van der Waals surface area contributed by atoms with Gasteiger partial charge in [0.1, 0.15) is 11.9 Å². The zero-order valence-corrected chi connectivity index (χ0v) is 7.79. The molecule has 1 aliphatic heterocycles. The highest BCUT2D eigenvalue weighted by Crippen LogP contribution is 2.32. The topological polar surface area (TPSA) is 29.5 Å². The van der Waals surface area contributed by atoms with E-state index in [1.54, 1.807) is 0 Å². The molecule has 1 heterocycles. The number of hydrogen-bond donors (Lipinski definition) is 1. The van der Waals surface area contributed by atoms with Gasteiger partial charge in [-0.2, -0.15) is 0 Å². The fourth-order valence-corrected chi connectivity index (χ4v) is 1.82. The molecule has 0 aliphatic carbocycles. The minimum absolute atomic E-state index is 0.189. The Morgan fingerprint density at radius 3 is 3.15 bits per heavy atom. The minimum atomic E-state index is 0.189. The average molecular weight is 178 g/mol. The standard InChI is InChI=1S/C11H14O2/c1-8-7-10-4-2-3-9(5-6-12)11(10)13-8/h2-4,8,12H,5-7H2,1H3. The Balaban J connectivity index is 2.34. The van der Waals surface area contributed by atoms with E-state index in [1.165, 1.54) is 5.56 Å². The number of aliphatic hydroxyl groups excluding tert-OH is 1. The van der Waals surface area contributed by atoms with Crippen LogP contribution in [0.3, 0.4) is 0 Å². The van der Waals surface area contributed by atoms with Crippen LogP contribution in [0.4, 0.5) is 0 Å². The Kier molecular flexibility index (Phi) is 2.23. The summed E-state index contributed by atoms with van der Waals surface area (Å²) in [7, 11) is 0. The van der Waals surface area contributed by atoms with Gasteiger partial charge in [-0.3, -0.25) is 0 Å². The van der Waals surface area contributed by atoms with Gasteiger partial charge in [-0.05, 0) is 24.5 Å². The summed E-state index contributed by atoms with van der Waals surface area (Å²) in [5.74, 6) is 1.00. The van der Waals surface area contributed by atoms with Crippen LogP contribution in [0, 0.1) is 0 Å². The minimum Gasteiger partial charge on any atom is -0.490 e. The smallest absolute Gasteiger partial charge is 0.126 e. The molecule has 70 valence electrons. The van der Waals surface area contributed by atoms with Gasteiger partial charge < -0.3 is 9.84 Å². The molecule has 0 saturated heterocycles. The Labute approximate surface area is 78.2 Å². The van der Waals surface area contributed by atoms with Gasteiger partial charge in [0.25, 0.3) is 0 Å². The van der Waals surface area contributed by atoms with Gasteiger partial charge in [-0.1, -0.05) is 18.2 Å². The normalized spacial score (nSPS) is 19.7. The molecule has 13 heavy (non-hydrogen) atoms. The second-order valence-electron chi connectivity index (χ2n) is 3.51. The molecule has 0 amide bonds. The number of benzene rings is 1. The second kappa shape index (κ2) is 3.38. The summed E-state index contributed by atoms with van der Waals surface area (Å²) in [5, 5.41) is 8.86. The molecule has 2 nitrogen and oxygen atoms in total. The van der Waals surface area contributed by atoms with E-state index in [0.29, 0.717) is 6.42 Å². The van der Waals surface area contributed by atoms with E-state index in [9.17, 15) is 0 Å². The predicted molar refractivity (Wildman–Crippen MR) is 51.0 cm³/mol. The van der Waals surface area contributed by atoms with Crippen LogP contribution in [-0.2, 0) is 12.8 Å². The number of rotatable bonds is 2. The molecule has 0 spiro atoms. The van der Waals surface area contributed by atoms with Crippen molar-refractivity contribution >= 4 is 0 Å². The number of hydrogen-bond acceptors (Lipinski definition) is 2. The zero-order chi connectivity index (χ0) is 9.26. The summed E-state index contributed by atoms with van der Waals surface area (Å²) in [6, 6.07) is 6.15. The number of ether oxygens (including phenoxy) is 1. The van der Waals surface area contributed by atoms with Crippen molar-refractivity contribution in [1.29, 1.82) is 0 Å². The van der Waals surface area contributed by atoms with Crippen LogP contribution in [0.25, 0.3) is 0 Å². The van der Waals surface area contributed by atoms with E-state index >= 15 is 0 Å². The van der Waals surface area contributed by atoms with Gasteiger partial charge in [0, 0.05) is 13.0 Å². The van der Waals surface area contributed by atoms with Gasteiger partial charge in [0.05, 0.1) is 0 Å². The summed E-state index contributed by atoms with van der Waals surface area (Å²) >= 11 is 0. The zero-order valence-electron chi connectivity index (χ0n) is 7.79. The molecule has 0 radical (unpaired) electrons. The Morgan fingerprint density at radius 1 is 1.54 bits per heavy atom. The van der Waals surface area contributed by atoms with Crippen LogP contribution in [0.15, 0.2) is 18.2 Å². The summed E-state index contributed by atoms with van der Waals surface area (Å²) in [5.41, 5.74) is 2.41. The van der Waals surface area contributed by atoms with Crippen LogP contribution in [0.2, 0.25) is 0 Å². The monoisotopic (exact) mass is 178 g/mol. The molecular formula is C11H14O2. The first kappa shape index (κ1) is 8.57. The summed E-state index contributed by atoms with van der Waals surface area (Å²) in [4.78, 5) is 0. The second-order valence-corrected chi connectivity index (χ2v) is 3.51. The van der Waals surface area contributed by atoms with Crippen molar-refractivity contribution in [2.24, 2.45) is 0 Å². The van der Waals surface area contributed by atoms with Crippen molar-refractivity contribution < 1.29 is 9.84 Å². The van der Waals surface area contributed by atoms with Crippen molar-refractivity contribution in [3.05, 3.63) is 29.3 Å². The van der Waals surface area contributed by atoms with Gasteiger partial charge in [0.2, 0.25) is 0 Å². The molecule has 1 atom stereocenters. The lowest BCUT2D eigenvalue weighted by atomic mass is 10.1. The highest BCUT2D eigenvalue weighted by molar-refractivity contribution is 5.44. The number of aliphatic hydroxyl groups is 1. The van der Waals surface area contributed by atoms with Crippen LogP contribution >= 0.6 is 0 Å². The molecule has 1 unspecified atom stereocenters. The summed E-state index contributed by atoms with van der Waals surface area (Å²) < 4.78 is 5.68. The molecule has 0 aromatic heterocycles. The summed E-state index contributed by atoms with van der Waals surface area (Å²) in [6.07, 6.45) is 1.97. The largest absolute Gasteiger partial charge is 0.490 e. The average Bonchev–Trinajstić information content (AvgIpc) is 2.47. The van der Waals surface area contributed by atoms with Crippen molar-refractivity contribution in [1.82, 2.24) is 0 Å². The maximum atomic E-state index is 8.86. The summed E-state index contributed by atoms with van der Waals surface area (Å²) in [6.45, 7) is 2.26. The molecule has 1 N–H and O–H groups in total. The SMILES string of the molecule is CC1Cc2cccc(CCO)c2O1. The highest BCUT2D eigenvalue weighted by Gasteiger charge is 2.20. The third-order valence-electron chi connectivity index (χ3n) is 2.39. The van der Waals surface area contributed by atoms with E-state index in [0.717, 1.165) is 17.7 Å². The Bertz CT molecular complexity index is 307. The van der Waals surface area contributed by atoms with E-state index in [2.05, 4.69) is 13.0 Å². The number of para-hydroxylation sites is 1. The molecule has 1 aliphatic rings. The van der Waals surface area contributed by atoms with E-state index in [4.69, 9.17) is 9.84 Å². The molecule has 0 bridgehead atoms. The fourth-order valence-electron chi connectivity index (χ4n) is 1.82. The van der Waals surface area contributed by atoms with Gasteiger partial charge in [0.15, 0.2) is 0 Å². The third-order valence-corrected chi connectivity index (χ3v) is 2.39. The first-order chi connectivity index (χ1) is 6.31. The lowest BCUT2D eigenvalue weighted by Gasteiger charge is -2.07. The van der Waals surface area contributed by atoms with Crippen molar-refractivity contribution in [3.8, 4) is 5.75 Å². The Hall–Kier alpha value is -1.02. The van der Waals surface area contributed by atoms with E-state index in [-0.39, 0.29) is 12.7 Å². The lowest BCUT2D eigenvalue weighted by Crippen LogP contribution is -2.06. The lowest BCUT2D eigenvalue weighted by molar-refractivity contribution is 0.249. The third kappa shape index (κ3) is 1.54. The molecule has 2 heteroatoms. The van der Waals surface area contributed by atoms with Crippen LogP contribution in [0.1, 0.15) is 18.1 Å². The van der Waals surface area contributed by atoms with Crippen LogP contribution in [-0.4, -0.2) is 17.8 Å². The molecule has 1 aromatic rings. The maximum Gasteiger partial charge on any atom is 0.126 e. The Morgan fingerprint density at radius 2 is 2.38 bits per heavy atom. The van der Waals surface area contributed by atoms with E-state index in [1.807, 2.05) is 12.1 Å². The molecular weight excluding hydrogens is 164 g/mol. The predicted octanol–water partition coefficient (Wildman–Crippen LogP) is 1.54. The maximum absolute atomic E-state index is 8.86. The quantitative estimate of drug-likeness (QED) is 0.744. The first-order valence-electron chi connectivity index (χ1n) is 4.69. The van der Waals surface area contributed by atoms with Crippen molar-refractivity contribution in [3.63, 3.8) is 0 Å². The highest BCUT2D eigenvalue weighted by atomic mass is 16.5. The number of fused-ring (bicyclic) bond motifs is 1. The van der Waals surface area contributed by atoms with Gasteiger partial charge in [-0.15, -0.1) is 0 Å². The molecule has 1 aromatic carbocycles. The first-order valence-corrected chi connectivity index (χ1v) is 4.69. The van der Waals surface area contributed by atoms with Gasteiger partial charge >= 0.3 is 0 Å². The molecule has 2 rings (SSSR count). The van der Waals surface area contributed by atoms with Crippen LogP contribution < -0.4 is 4.74 Å². The van der Waals surface area contributed by atoms with Crippen molar-refractivity contribution in [2.45, 2.75) is 25.9 Å². The fraction of sp³-hybridized carbons (Fsp3) is 0.455. The van der Waals surface area contributed by atoms with E-state index < -0.39 is 0 Å². The van der Waals surface area contributed by atoms with Gasteiger partial charge in [-0.25, -0.2) is 0 Å².